The van der Waals surface area contributed by atoms with Crippen molar-refractivity contribution in [1.29, 1.82) is 0 Å². The smallest absolute Gasteiger partial charge is 0.243 e. The molecule has 0 aliphatic carbocycles. The van der Waals surface area contributed by atoms with Crippen LogP contribution < -0.4 is 10.0 Å². The number of aliphatic hydroxyl groups excluding tert-OH is 1. The molecule has 0 unspecified atom stereocenters. The van der Waals surface area contributed by atoms with Gasteiger partial charge in [-0.3, -0.25) is 0 Å². The molecule has 0 amide bonds. The number of nitrogens with zero attached hydrogens (tertiary/aromatic N) is 1. The Bertz CT molecular complexity index is 1060. The SMILES string of the molecule is [3H]N(CCNS(=O)(=O)c1ccc(C)cc1)CCN(CCCO)S(=O)(=O)c1ccc(C)cc1. The Labute approximate surface area is 186 Å². The lowest BCUT2D eigenvalue weighted by molar-refractivity contribution is 0.269. The van der Waals surface area contributed by atoms with Crippen molar-refractivity contribution in [3.8, 4) is 0 Å². The van der Waals surface area contributed by atoms with Crippen LogP contribution in [0.3, 0.4) is 0 Å². The van der Waals surface area contributed by atoms with Crippen molar-refractivity contribution in [1.82, 2.24) is 14.3 Å². The maximum absolute atomic E-state index is 13.0. The van der Waals surface area contributed by atoms with Crippen molar-refractivity contribution in [2.45, 2.75) is 30.1 Å². The lowest BCUT2D eigenvalue weighted by atomic mass is 10.2. The van der Waals surface area contributed by atoms with Crippen LogP contribution >= 0.6 is 0 Å². The molecule has 0 saturated carbocycles. The lowest BCUT2D eigenvalue weighted by Crippen LogP contribution is -2.39. The molecule has 0 bridgehead atoms. The second kappa shape index (κ2) is 11.7. The Morgan fingerprint density at radius 1 is 0.839 bits per heavy atom. The first kappa shape index (κ1) is 23.8. The van der Waals surface area contributed by atoms with Crippen LogP contribution in [0.4, 0.5) is 0 Å². The molecule has 0 heterocycles. The molecule has 3 N–H and O–H groups in total. The number of rotatable bonds is 13. The minimum atomic E-state index is -3.77. The van der Waals surface area contributed by atoms with Crippen LogP contribution in [0.15, 0.2) is 58.3 Å². The zero-order valence-electron chi connectivity index (χ0n) is 18.9. The highest BCUT2D eigenvalue weighted by Gasteiger charge is 2.23. The third-order valence-electron chi connectivity index (χ3n) is 4.63. The van der Waals surface area contributed by atoms with E-state index in [2.05, 4.69) is 4.72 Å². The van der Waals surface area contributed by atoms with Crippen molar-refractivity contribution < 1.29 is 23.4 Å². The fourth-order valence-corrected chi connectivity index (χ4v) is 5.30. The van der Waals surface area contributed by atoms with Gasteiger partial charge >= 0.3 is 0 Å². The summed E-state index contributed by atoms with van der Waals surface area (Å²) < 4.78 is 62.3. The highest BCUT2D eigenvalue weighted by molar-refractivity contribution is 7.89. The van der Waals surface area contributed by atoms with E-state index in [4.69, 9.17) is 6.52 Å². The molecule has 0 spiro atoms. The van der Waals surface area contributed by atoms with Crippen LogP contribution in [0, 0.1) is 13.8 Å². The van der Waals surface area contributed by atoms with Crippen molar-refractivity contribution in [2.24, 2.45) is 0 Å². The van der Waals surface area contributed by atoms with Gasteiger partial charge in [-0.05, 0) is 44.5 Å². The van der Waals surface area contributed by atoms with Crippen molar-refractivity contribution >= 4 is 20.0 Å². The van der Waals surface area contributed by atoms with Gasteiger partial charge in [0, 0.05) is 39.3 Å². The summed E-state index contributed by atoms with van der Waals surface area (Å²) in [5.41, 5.74) is 1.89. The largest absolute Gasteiger partial charge is 0.396 e. The molecular weight excluding hydrogens is 438 g/mol. The van der Waals surface area contributed by atoms with Gasteiger partial charge in [-0.2, -0.15) is 4.31 Å². The zero-order valence-corrected chi connectivity index (χ0v) is 19.5. The predicted molar refractivity (Wildman–Crippen MR) is 121 cm³/mol. The summed E-state index contributed by atoms with van der Waals surface area (Å²) in [6, 6.07) is 13.0. The zero-order chi connectivity index (χ0) is 23.8. The monoisotopic (exact) mass is 471 g/mol. The molecule has 2 rings (SSSR count). The van der Waals surface area contributed by atoms with Crippen LogP contribution in [-0.4, -0.2) is 65.6 Å². The fraction of sp³-hybridized carbons (Fsp3) is 0.429. The van der Waals surface area contributed by atoms with Gasteiger partial charge in [0.1, 0.15) is 1.41 Å². The molecule has 0 radical (unpaired) electrons. The van der Waals surface area contributed by atoms with Crippen LogP contribution in [0.5, 0.6) is 0 Å². The number of sulfonamides is 2. The maximum Gasteiger partial charge on any atom is 0.243 e. The Morgan fingerprint density at radius 2 is 1.39 bits per heavy atom. The van der Waals surface area contributed by atoms with E-state index in [1.807, 2.05) is 13.8 Å². The average molecular weight is 472 g/mol. The molecule has 10 heteroatoms. The number of hydrogen-bond acceptors (Lipinski definition) is 6. The molecule has 0 aromatic heterocycles. The summed E-state index contributed by atoms with van der Waals surface area (Å²) in [5, 5.41) is 10.3. The van der Waals surface area contributed by atoms with E-state index in [0.717, 1.165) is 16.4 Å². The van der Waals surface area contributed by atoms with Gasteiger partial charge in [0.25, 0.3) is 0 Å². The van der Waals surface area contributed by atoms with E-state index in [-0.39, 0.29) is 55.5 Å². The van der Waals surface area contributed by atoms with Gasteiger partial charge in [-0.15, -0.1) is 0 Å². The van der Waals surface area contributed by atoms with Gasteiger partial charge in [-0.1, -0.05) is 35.4 Å². The van der Waals surface area contributed by atoms with E-state index in [9.17, 15) is 16.8 Å². The van der Waals surface area contributed by atoms with Crippen molar-refractivity contribution in [3.63, 3.8) is 0 Å². The summed E-state index contributed by atoms with van der Waals surface area (Å²) in [4.78, 5) is 0.308. The summed E-state index contributed by atoms with van der Waals surface area (Å²) in [7, 11) is -7.44. The standard InChI is InChI=1S/C21H31N3O5S2/c1-18-4-8-20(9-5-18)30(26,27)23-13-12-22-14-16-24(15-3-17-25)31(28,29)21-10-6-19(2)7-11-21/h4-11,22-23,25H,3,12-17H2,1-2H3/i/hT. The van der Waals surface area contributed by atoms with Gasteiger partial charge in [-0.25, -0.2) is 21.6 Å². The molecule has 0 fully saturated rings. The van der Waals surface area contributed by atoms with Crippen LogP contribution in [0.2, 0.25) is 1.41 Å². The molecule has 31 heavy (non-hydrogen) atoms. The van der Waals surface area contributed by atoms with Gasteiger partial charge in [0.2, 0.25) is 20.0 Å². The molecule has 8 nitrogen and oxygen atoms in total. The van der Waals surface area contributed by atoms with Crippen molar-refractivity contribution in [2.75, 3.05) is 39.3 Å². The Morgan fingerprint density at radius 3 is 1.94 bits per heavy atom. The predicted octanol–water partition coefficient (Wildman–Crippen LogP) is 1.24. The molecule has 2 aromatic carbocycles. The molecule has 0 aliphatic heterocycles. The second-order valence-electron chi connectivity index (χ2n) is 7.18. The molecule has 0 saturated heterocycles. The Hall–Kier alpha value is -1.82. The Kier molecular flexibility index (Phi) is 9.00. The quantitative estimate of drug-likeness (QED) is 0.405. The molecule has 0 aliphatic rings. The summed E-state index contributed by atoms with van der Waals surface area (Å²) >= 11 is 0. The van der Waals surface area contributed by atoms with Gasteiger partial charge < -0.3 is 10.4 Å². The number of benzene rings is 2. The highest BCUT2D eigenvalue weighted by Crippen LogP contribution is 2.16. The van der Waals surface area contributed by atoms with E-state index in [0.29, 0.717) is 0 Å². The fourth-order valence-electron chi connectivity index (χ4n) is 2.81. The minimum Gasteiger partial charge on any atom is -0.396 e. The van der Waals surface area contributed by atoms with E-state index in [1.54, 1.807) is 24.3 Å². The van der Waals surface area contributed by atoms with Crippen molar-refractivity contribution in [3.05, 3.63) is 59.7 Å². The normalized spacial score (nSPS) is 13.0. The molecular formula is C21H31N3O5S2. The van der Waals surface area contributed by atoms with Crippen LogP contribution in [-0.2, 0) is 20.0 Å². The molecule has 0 atom stereocenters. The third-order valence-corrected chi connectivity index (χ3v) is 8.01. The topological polar surface area (TPSA) is 116 Å². The molecule has 2 aromatic rings. The first-order valence-electron chi connectivity index (χ1n) is 10.5. The first-order chi connectivity index (χ1) is 15.1. The van der Waals surface area contributed by atoms with E-state index >= 15 is 0 Å². The summed E-state index contributed by atoms with van der Waals surface area (Å²) in [5.74, 6) is 0. The number of hydrogen-bond donors (Lipinski definition) is 3. The average Bonchev–Trinajstić information content (AvgIpc) is 2.74. The van der Waals surface area contributed by atoms with Crippen LogP contribution in [0.25, 0.3) is 0 Å². The summed E-state index contributed by atoms with van der Waals surface area (Å²) in [6.07, 6.45) is 0.277. The van der Waals surface area contributed by atoms with Gasteiger partial charge in [0.05, 0.1) is 9.79 Å². The number of aryl methyl sites for hydroxylation is 2. The maximum atomic E-state index is 13.0. The first-order valence-corrected chi connectivity index (χ1v) is 13.0. The van der Waals surface area contributed by atoms with E-state index in [1.165, 1.54) is 28.6 Å². The molecule has 172 valence electrons. The second-order valence-corrected chi connectivity index (χ2v) is 10.9. The number of aliphatic hydroxyl groups is 1. The van der Waals surface area contributed by atoms with Gasteiger partial charge in [0.15, 0.2) is 0 Å². The highest BCUT2D eigenvalue weighted by atomic mass is 32.2. The summed E-state index contributed by atoms with van der Waals surface area (Å²) in [6.45, 7) is 3.94. The third kappa shape index (κ3) is 7.67. The van der Waals surface area contributed by atoms with Crippen LogP contribution in [0.1, 0.15) is 17.5 Å². The number of nitrogens with one attached hydrogen (secondary N) is 2. The Balaban J connectivity index is 1.93. The minimum absolute atomic E-state index is 0.0149. The van der Waals surface area contributed by atoms with E-state index < -0.39 is 20.0 Å². The lowest BCUT2D eigenvalue weighted by Gasteiger charge is -2.22.